The fourth-order valence-electron chi connectivity index (χ4n) is 3.70. The second kappa shape index (κ2) is 8.97. The van der Waals surface area contributed by atoms with Gasteiger partial charge in [0.2, 0.25) is 10.0 Å². The lowest BCUT2D eigenvalue weighted by molar-refractivity contribution is 0.0772. The molecule has 9 nitrogen and oxygen atoms in total. The predicted octanol–water partition coefficient (Wildman–Crippen LogP) is 1.56. The minimum absolute atomic E-state index is 0.0994. The molecule has 2 amide bonds. The Morgan fingerprint density at radius 2 is 1.90 bits per heavy atom. The van der Waals surface area contributed by atoms with Crippen LogP contribution in [0, 0.1) is 0 Å². The summed E-state index contributed by atoms with van der Waals surface area (Å²) in [7, 11) is -3.70. The van der Waals surface area contributed by atoms with E-state index in [-0.39, 0.29) is 29.0 Å². The summed E-state index contributed by atoms with van der Waals surface area (Å²) in [6.07, 6.45) is 1.47. The van der Waals surface area contributed by atoms with E-state index in [2.05, 4.69) is 10.2 Å². The highest BCUT2D eigenvalue weighted by atomic mass is 32.2. The number of nitrogens with zero attached hydrogens (tertiary/aromatic N) is 3. The molecule has 2 heterocycles. The molecular formula is C20H27N5O4S. The minimum Gasteiger partial charge on any atom is -0.364 e. The highest BCUT2D eigenvalue weighted by molar-refractivity contribution is 7.89. The maximum absolute atomic E-state index is 13.1. The summed E-state index contributed by atoms with van der Waals surface area (Å²) in [6, 6.07) is 7.66. The highest BCUT2D eigenvalue weighted by Crippen LogP contribution is 2.29. The summed E-state index contributed by atoms with van der Waals surface area (Å²) in [5.74, 6) is -0.846. The zero-order valence-electron chi connectivity index (χ0n) is 17.2. The first kappa shape index (κ1) is 22.0. The van der Waals surface area contributed by atoms with E-state index >= 15 is 0 Å². The van der Waals surface area contributed by atoms with Gasteiger partial charge in [0.25, 0.3) is 11.8 Å². The van der Waals surface area contributed by atoms with Crippen molar-refractivity contribution in [3.05, 3.63) is 47.3 Å². The Bertz CT molecular complexity index is 1010. The van der Waals surface area contributed by atoms with E-state index in [1.807, 2.05) is 13.8 Å². The molecule has 3 N–H and O–H groups in total. The van der Waals surface area contributed by atoms with E-state index < -0.39 is 15.9 Å². The van der Waals surface area contributed by atoms with Gasteiger partial charge < -0.3 is 10.6 Å². The molecule has 10 heteroatoms. The van der Waals surface area contributed by atoms with Crippen molar-refractivity contribution in [2.75, 3.05) is 26.2 Å². The number of hydrogen-bond donors (Lipinski definition) is 2. The number of primary amides is 1. The first-order valence-corrected chi connectivity index (χ1v) is 11.5. The number of H-pyrrole nitrogens is 1. The van der Waals surface area contributed by atoms with Gasteiger partial charge in [-0.25, -0.2) is 8.42 Å². The summed E-state index contributed by atoms with van der Waals surface area (Å²) < 4.78 is 27.7. The molecule has 162 valence electrons. The Morgan fingerprint density at radius 3 is 2.47 bits per heavy atom. The largest absolute Gasteiger partial charge is 0.364 e. The third kappa shape index (κ3) is 4.39. The number of aromatic nitrogens is 2. The minimum atomic E-state index is -3.70. The van der Waals surface area contributed by atoms with Crippen LogP contribution >= 0.6 is 0 Å². The molecule has 1 aromatic heterocycles. The highest BCUT2D eigenvalue weighted by Gasteiger charge is 2.32. The molecule has 3 rings (SSSR count). The van der Waals surface area contributed by atoms with Gasteiger partial charge in [0.1, 0.15) is 5.69 Å². The fourth-order valence-corrected chi connectivity index (χ4v) is 5.22. The molecule has 30 heavy (non-hydrogen) atoms. The predicted molar refractivity (Wildman–Crippen MR) is 112 cm³/mol. The Kier molecular flexibility index (Phi) is 6.57. The van der Waals surface area contributed by atoms with E-state index in [9.17, 15) is 18.0 Å². The van der Waals surface area contributed by atoms with Crippen molar-refractivity contribution in [2.45, 2.75) is 37.5 Å². The Morgan fingerprint density at radius 1 is 1.23 bits per heavy atom. The van der Waals surface area contributed by atoms with Crippen molar-refractivity contribution in [3.63, 3.8) is 0 Å². The van der Waals surface area contributed by atoms with Crippen molar-refractivity contribution in [2.24, 2.45) is 5.73 Å². The second-order valence-corrected chi connectivity index (χ2v) is 9.21. The van der Waals surface area contributed by atoms with Crippen LogP contribution in [-0.2, 0) is 10.0 Å². The van der Waals surface area contributed by atoms with Crippen LogP contribution in [0.4, 0.5) is 0 Å². The van der Waals surface area contributed by atoms with Crippen LogP contribution in [0.1, 0.15) is 59.1 Å². The smallest absolute Gasteiger partial charge is 0.269 e. The van der Waals surface area contributed by atoms with Gasteiger partial charge in [-0.3, -0.25) is 14.7 Å². The van der Waals surface area contributed by atoms with Crippen LogP contribution in [0.2, 0.25) is 0 Å². The number of rotatable bonds is 7. The van der Waals surface area contributed by atoms with Crippen LogP contribution in [0.15, 0.2) is 35.2 Å². The molecule has 1 aliphatic rings. The maximum Gasteiger partial charge on any atom is 0.269 e. The number of aromatic amines is 1. The first-order chi connectivity index (χ1) is 14.3. The molecule has 1 aliphatic heterocycles. The van der Waals surface area contributed by atoms with E-state index in [0.717, 1.165) is 6.42 Å². The van der Waals surface area contributed by atoms with Gasteiger partial charge >= 0.3 is 0 Å². The van der Waals surface area contributed by atoms with Crippen LogP contribution < -0.4 is 5.73 Å². The number of nitrogens with one attached hydrogen (secondary N) is 1. The van der Waals surface area contributed by atoms with E-state index in [4.69, 9.17) is 5.73 Å². The Labute approximate surface area is 176 Å². The van der Waals surface area contributed by atoms with Gasteiger partial charge in [-0.1, -0.05) is 0 Å². The lowest BCUT2D eigenvalue weighted by Gasteiger charge is -2.31. The van der Waals surface area contributed by atoms with Crippen molar-refractivity contribution < 1.29 is 18.0 Å². The zero-order chi connectivity index (χ0) is 21.9. The molecule has 0 bridgehead atoms. The van der Waals surface area contributed by atoms with E-state index in [1.54, 1.807) is 23.1 Å². The topological polar surface area (TPSA) is 129 Å². The first-order valence-electron chi connectivity index (χ1n) is 10.0. The van der Waals surface area contributed by atoms with Crippen LogP contribution in [0.5, 0.6) is 0 Å². The van der Waals surface area contributed by atoms with E-state index in [0.29, 0.717) is 37.3 Å². The zero-order valence-corrected chi connectivity index (χ0v) is 18.0. The summed E-state index contributed by atoms with van der Waals surface area (Å²) >= 11 is 0. The number of benzene rings is 1. The maximum atomic E-state index is 13.1. The third-order valence-electron chi connectivity index (χ3n) is 5.46. The number of nitrogens with two attached hydrogens (primary N) is 1. The summed E-state index contributed by atoms with van der Waals surface area (Å²) in [6.45, 7) is 5.68. The monoisotopic (exact) mass is 433 g/mol. The molecule has 0 aliphatic carbocycles. The standard InChI is InChI=1S/C20H27N5O4S/c1-3-24(4-2)20(27)14-7-9-16(10-8-14)30(28,29)25-11-5-6-15(13-25)17-12-18(19(21)26)23-22-17/h7-10,12,15H,3-6,11,13H2,1-2H3,(H2,21,26)(H,22,23)/t15-/m1/s1. The van der Waals surface area contributed by atoms with Crippen LogP contribution in [0.25, 0.3) is 0 Å². The lowest BCUT2D eigenvalue weighted by atomic mass is 9.96. The van der Waals surface area contributed by atoms with Gasteiger partial charge in [-0.05, 0) is 57.0 Å². The second-order valence-electron chi connectivity index (χ2n) is 7.28. The average Bonchev–Trinajstić information content (AvgIpc) is 3.25. The van der Waals surface area contributed by atoms with E-state index in [1.165, 1.54) is 16.4 Å². The molecule has 1 aromatic carbocycles. The van der Waals surface area contributed by atoms with Crippen molar-refractivity contribution >= 4 is 21.8 Å². The van der Waals surface area contributed by atoms with Gasteiger partial charge in [-0.15, -0.1) is 0 Å². The lowest BCUT2D eigenvalue weighted by Crippen LogP contribution is -2.39. The average molecular weight is 434 g/mol. The molecule has 0 radical (unpaired) electrons. The van der Waals surface area contributed by atoms with Crippen LogP contribution in [-0.4, -0.2) is 65.8 Å². The molecule has 0 unspecified atom stereocenters. The normalized spacial score (nSPS) is 17.6. The molecule has 0 saturated carbocycles. The molecule has 1 saturated heterocycles. The van der Waals surface area contributed by atoms with Gasteiger partial charge in [-0.2, -0.15) is 9.40 Å². The van der Waals surface area contributed by atoms with Gasteiger partial charge in [0.15, 0.2) is 0 Å². The molecule has 2 aromatic rings. The van der Waals surface area contributed by atoms with Crippen molar-refractivity contribution in [1.29, 1.82) is 0 Å². The van der Waals surface area contributed by atoms with Crippen molar-refractivity contribution in [1.82, 2.24) is 19.4 Å². The Hall–Kier alpha value is -2.72. The quantitative estimate of drug-likeness (QED) is 0.684. The fraction of sp³-hybridized carbons (Fsp3) is 0.450. The summed E-state index contributed by atoms with van der Waals surface area (Å²) in [5.41, 5.74) is 6.54. The van der Waals surface area contributed by atoms with Gasteiger partial charge in [0.05, 0.1) is 4.90 Å². The summed E-state index contributed by atoms with van der Waals surface area (Å²) in [4.78, 5) is 25.5. The third-order valence-corrected chi connectivity index (χ3v) is 7.34. The van der Waals surface area contributed by atoms with Gasteiger partial charge in [0, 0.05) is 43.4 Å². The number of sulfonamides is 1. The molecule has 1 fully saturated rings. The molecular weight excluding hydrogens is 406 g/mol. The number of piperidine rings is 1. The molecule has 0 spiro atoms. The van der Waals surface area contributed by atoms with Crippen LogP contribution in [0.3, 0.4) is 0 Å². The molecule has 1 atom stereocenters. The number of amides is 2. The number of carbonyl (C=O) groups excluding carboxylic acids is 2. The number of hydrogen-bond acceptors (Lipinski definition) is 5. The van der Waals surface area contributed by atoms with Crippen molar-refractivity contribution in [3.8, 4) is 0 Å². The Balaban J connectivity index is 1.77. The SMILES string of the molecule is CCN(CC)C(=O)c1ccc(S(=O)(=O)N2CCC[C@@H](c3cc(C(N)=O)n[nH]3)C2)cc1. The summed E-state index contributed by atoms with van der Waals surface area (Å²) in [5, 5.41) is 6.68. The number of carbonyl (C=O) groups is 2.